The van der Waals surface area contributed by atoms with Crippen LogP contribution in [0.2, 0.25) is 0 Å². The molecule has 0 aliphatic carbocycles. The maximum absolute atomic E-state index is 13.1. The highest BCUT2D eigenvalue weighted by molar-refractivity contribution is 5.94. The number of benzene rings is 1. The van der Waals surface area contributed by atoms with Crippen molar-refractivity contribution in [2.75, 3.05) is 26.2 Å². The van der Waals surface area contributed by atoms with E-state index >= 15 is 0 Å². The zero-order valence-electron chi connectivity index (χ0n) is 17.8. The van der Waals surface area contributed by atoms with Gasteiger partial charge < -0.3 is 15.1 Å². The van der Waals surface area contributed by atoms with Crippen molar-refractivity contribution in [1.82, 2.24) is 14.8 Å². The van der Waals surface area contributed by atoms with E-state index in [0.717, 1.165) is 37.1 Å². The van der Waals surface area contributed by atoms with Crippen LogP contribution in [0.4, 0.5) is 0 Å². The van der Waals surface area contributed by atoms with E-state index < -0.39 is 6.10 Å². The fourth-order valence-electron chi connectivity index (χ4n) is 4.78. The molecule has 2 aliphatic heterocycles. The molecule has 0 spiro atoms. The van der Waals surface area contributed by atoms with E-state index in [1.54, 1.807) is 31.5 Å². The minimum Gasteiger partial charge on any atom is -0.395 e. The number of nitrogens with zero attached hydrogens (tertiary/aromatic N) is 3. The van der Waals surface area contributed by atoms with Gasteiger partial charge in [-0.2, -0.15) is 0 Å². The lowest BCUT2D eigenvalue weighted by Crippen LogP contribution is -2.67. The first-order valence-corrected chi connectivity index (χ1v) is 10.9. The van der Waals surface area contributed by atoms with Gasteiger partial charge in [-0.25, -0.2) is 0 Å². The molecule has 1 aromatic carbocycles. The third-order valence-corrected chi connectivity index (χ3v) is 6.31. The molecule has 0 radical (unpaired) electrons. The van der Waals surface area contributed by atoms with Gasteiger partial charge in [-0.3, -0.25) is 14.7 Å². The number of hydrogen-bond acceptors (Lipinski definition) is 5. The molecule has 2 fully saturated rings. The second-order valence-corrected chi connectivity index (χ2v) is 8.34. The molecular weight excluding hydrogens is 390 g/mol. The highest BCUT2D eigenvalue weighted by Crippen LogP contribution is 2.42. The number of hydrogen-bond donors (Lipinski definition) is 2. The zero-order chi connectivity index (χ0) is 21.8. The summed E-state index contributed by atoms with van der Waals surface area (Å²) in [4.78, 5) is 21.4. The molecule has 2 aromatic rings. The van der Waals surface area contributed by atoms with Crippen molar-refractivity contribution in [2.24, 2.45) is 0 Å². The molecule has 3 heterocycles. The van der Waals surface area contributed by atoms with Gasteiger partial charge in [0, 0.05) is 54.6 Å². The van der Waals surface area contributed by atoms with Crippen LogP contribution in [0.15, 0.2) is 48.8 Å². The number of carbonyl (C=O) groups is 1. The number of amides is 1. The first kappa shape index (κ1) is 21.5. The van der Waals surface area contributed by atoms with Crippen molar-refractivity contribution in [1.29, 1.82) is 0 Å². The van der Waals surface area contributed by atoms with Crippen molar-refractivity contribution < 1.29 is 15.0 Å². The van der Waals surface area contributed by atoms with E-state index in [4.69, 9.17) is 0 Å². The Morgan fingerprint density at radius 3 is 2.55 bits per heavy atom. The summed E-state index contributed by atoms with van der Waals surface area (Å²) in [7, 11) is 0. The number of aliphatic hydroxyl groups excluding tert-OH is 2. The van der Waals surface area contributed by atoms with E-state index in [1.165, 1.54) is 0 Å². The van der Waals surface area contributed by atoms with Crippen LogP contribution in [0.1, 0.15) is 47.2 Å². The van der Waals surface area contributed by atoms with Gasteiger partial charge in [0.25, 0.3) is 5.91 Å². The van der Waals surface area contributed by atoms with Gasteiger partial charge in [-0.15, -0.1) is 0 Å². The minimum atomic E-state index is -0.655. The summed E-state index contributed by atoms with van der Waals surface area (Å²) < 4.78 is 0. The van der Waals surface area contributed by atoms with Gasteiger partial charge in [0.05, 0.1) is 6.61 Å². The minimum absolute atomic E-state index is 0.0409. The summed E-state index contributed by atoms with van der Waals surface area (Å²) in [6, 6.07) is 11.8. The van der Waals surface area contributed by atoms with Crippen LogP contribution in [0.25, 0.3) is 0 Å². The molecule has 0 saturated carbocycles. The summed E-state index contributed by atoms with van der Waals surface area (Å²) in [6.07, 6.45) is 4.61. The predicted molar refractivity (Wildman–Crippen MR) is 118 cm³/mol. The van der Waals surface area contributed by atoms with Crippen LogP contribution in [0, 0.1) is 11.8 Å². The van der Waals surface area contributed by atoms with Crippen LogP contribution in [0.5, 0.6) is 0 Å². The highest BCUT2D eigenvalue weighted by Gasteiger charge is 2.49. The number of aromatic nitrogens is 1. The molecule has 2 N–H and O–H groups in total. The topological polar surface area (TPSA) is 76.9 Å². The molecule has 2 saturated heterocycles. The predicted octanol–water partition coefficient (Wildman–Crippen LogP) is 1.88. The van der Waals surface area contributed by atoms with E-state index in [1.807, 2.05) is 17.0 Å². The Morgan fingerprint density at radius 1 is 1.16 bits per heavy atom. The SMILES string of the molecule is C[C@@H](O)C#Cc1ccc([C@H]2[C@@H](CO)N3CCCCN(C(=O)c4ccncc4)C[C@@H]23)cc1. The number of fused-ring (bicyclic) bond motifs is 1. The van der Waals surface area contributed by atoms with E-state index in [2.05, 4.69) is 33.9 Å². The van der Waals surface area contributed by atoms with Gasteiger partial charge in [-0.05, 0) is 56.1 Å². The van der Waals surface area contributed by atoms with Gasteiger partial charge in [0.1, 0.15) is 6.10 Å². The molecule has 6 heteroatoms. The second kappa shape index (κ2) is 9.61. The number of pyridine rings is 1. The third-order valence-electron chi connectivity index (χ3n) is 6.31. The smallest absolute Gasteiger partial charge is 0.254 e. The highest BCUT2D eigenvalue weighted by atomic mass is 16.3. The van der Waals surface area contributed by atoms with Crippen molar-refractivity contribution in [3.8, 4) is 11.8 Å². The van der Waals surface area contributed by atoms with Gasteiger partial charge in [0.2, 0.25) is 0 Å². The molecule has 4 atom stereocenters. The quantitative estimate of drug-likeness (QED) is 0.743. The molecule has 1 aromatic heterocycles. The monoisotopic (exact) mass is 419 g/mol. The molecule has 0 bridgehead atoms. The molecule has 1 amide bonds. The Hall–Kier alpha value is -2.72. The summed E-state index contributed by atoms with van der Waals surface area (Å²) in [5.74, 6) is 5.93. The van der Waals surface area contributed by atoms with Crippen LogP contribution in [-0.4, -0.2) is 75.3 Å². The van der Waals surface area contributed by atoms with Crippen molar-refractivity contribution in [3.05, 3.63) is 65.5 Å². The van der Waals surface area contributed by atoms with E-state index in [0.29, 0.717) is 12.1 Å². The lowest BCUT2D eigenvalue weighted by Gasteiger charge is -2.57. The second-order valence-electron chi connectivity index (χ2n) is 8.34. The summed E-state index contributed by atoms with van der Waals surface area (Å²) in [5.41, 5.74) is 2.67. The molecule has 0 unspecified atom stereocenters. The summed E-state index contributed by atoms with van der Waals surface area (Å²) >= 11 is 0. The lowest BCUT2D eigenvalue weighted by atomic mass is 9.74. The van der Waals surface area contributed by atoms with Crippen LogP contribution in [0.3, 0.4) is 0 Å². The molecule has 4 rings (SSSR count). The molecule has 6 nitrogen and oxygen atoms in total. The van der Waals surface area contributed by atoms with Crippen molar-refractivity contribution >= 4 is 5.91 Å². The number of rotatable bonds is 3. The molecule has 31 heavy (non-hydrogen) atoms. The lowest BCUT2D eigenvalue weighted by molar-refractivity contribution is -0.0606. The normalized spacial score (nSPS) is 24.6. The molecule has 2 aliphatic rings. The number of carbonyl (C=O) groups excluding carboxylic acids is 1. The van der Waals surface area contributed by atoms with Gasteiger partial charge >= 0.3 is 0 Å². The first-order chi connectivity index (χ1) is 15.1. The maximum atomic E-state index is 13.1. The Kier molecular flexibility index (Phi) is 6.67. The van der Waals surface area contributed by atoms with E-state index in [9.17, 15) is 15.0 Å². The Balaban J connectivity index is 1.56. The average Bonchev–Trinajstić information content (AvgIpc) is 2.77. The standard InChI is InChI=1S/C25H29N3O3/c1-18(30)4-5-19-6-8-20(9-7-19)24-22-16-27(25(31)21-10-12-26-13-11-21)14-2-3-15-28(22)23(24)17-29/h6-13,18,22-24,29-30H,2-3,14-17H2,1H3/t18-,22+,23-,24-/m1/s1. The fourth-order valence-corrected chi connectivity index (χ4v) is 4.78. The van der Waals surface area contributed by atoms with Crippen molar-refractivity contribution in [2.45, 2.75) is 43.9 Å². The largest absolute Gasteiger partial charge is 0.395 e. The zero-order valence-corrected chi connectivity index (χ0v) is 17.8. The summed E-state index contributed by atoms with van der Waals surface area (Å²) in [5, 5.41) is 19.5. The van der Waals surface area contributed by atoms with Crippen molar-refractivity contribution in [3.63, 3.8) is 0 Å². The van der Waals surface area contributed by atoms with Gasteiger partial charge in [0.15, 0.2) is 0 Å². The third kappa shape index (κ3) is 4.64. The van der Waals surface area contributed by atoms with Gasteiger partial charge in [-0.1, -0.05) is 24.0 Å². The average molecular weight is 420 g/mol. The fraction of sp³-hybridized carbons (Fsp3) is 0.440. The maximum Gasteiger partial charge on any atom is 0.254 e. The summed E-state index contributed by atoms with van der Waals surface area (Å²) in [6.45, 7) is 4.08. The van der Waals surface area contributed by atoms with Crippen LogP contribution >= 0.6 is 0 Å². The van der Waals surface area contributed by atoms with Crippen LogP contribution < -0.4 is 0 Å². The first-order valence-electron chi connectivity index (χ1n) is 10.9. The Labute approximate surface area is 183 Å². The van der Waals surface area contributed by atoms with Crippen LogP contribution in [-0.2, 0) is 0 Å². The van der Waals surface area contributed by atoms with E-state index in [-0.39, 0.29) is 30.5 Å². The molecule has 162 valence electrons. The molecular formula is C25H29N3O3. The Morgan fingerprint density at radius 2 is 1.87 bits per heavy atom. The number of aliphatic hydroxyl groups is 2. The Bertz CT molecular complexity index is 949.